The zero-order chi connectivity index (χ0) is 17.9. The molecule has 0 bridgehead atoms. The Balaban J connectivity index is 2.19. The summed E-state index contributed by atoms with van der Waals surface area (Å²) in [6.07, 6.45) is 1.38. The molecule has 0 atom stereocenters. The number of hydrogen-bond acceptors (Lipinski definition) is 6. The van der Waals surface area contributed by atoms with Gasteiger partial charge in [-0.15, -0.1) is 0 Å². The van der Waals surface area contributed by atoms with Crippen LogP contribution in [0.15, 0.2) is 29.3 Å². The van der Waals surface area contributed by atoms with Crippen LogP contribution in [0.3, 0.4) is 0 Å². The number of nitrogens with zero attached hydrogens (tertiary/aromatic N) is 1. The summed E-state index contributed by atoms with van der Waals surface area (Å²) in [6.45, 7) is -0.253. The average molecular weight is 370 g/mol. The average Bonchev–Trinajstić information content (AvgIpc) is 2.51. The van der Waals surface area contributed by atoms with E-state index in [0.717, 1.165) is 12.1 Å². The minimum absolute atomic E-state index is 0.0102. The van der Waals surface area contributed by atoms with Crippen molar-refractivity contribution < 1.29 is 24.9 Å². The van der Waals surface area contributed by atoms with Gasteiger partial charge < -0.3 is 20.1 Å². The van der Waals surface area contributed by atoms with Crippen LogP contribution in [0.25, 0.3) is 0 Å². The maximum Gasteiger partial charge on any atom is 0.200 e. The van der Waals surface area contributed by atoms with Gasteiger partial charge in [-0.2, -0.15) is 0 Å². The fourth-order valence-corrected chi connectivity index (χ4v) is 2.56. The van der Waals surface area contributed by atoms with Crippen LogP contribution in [-0.4, -0.2) is 41.0 Å². The summed E-state index contributed by atoms with van der Waals surface area (Å²) in [7, 11) is 1.44. The van der Waals surface area contributed by atoms with Gasteiger partial charge in [-0.3, -0.25) is 9.79 Å². The number of phenolic OH excluding ortho intramolecular Hbond substituents is 3. The maximum absolute atomic E-state index is 12.0. The standard InChI is InChI=1S/C16H13Cl2NO5/c1-24-16-9(2-10(17)5-11(16)18)6-19-7-14(22)8-3-12(20)15(23)13(21)4-8/h2-6,20-21,23H,7H2,1H3. The molecule has 0 radical (unpaired) electrons. The van der Waals surface area contributed by atoms with Crippen molar-refractivity contribution in [3.8, 4) is 23.0 Å². The Morgan fingerprint density at radius 3 is 2.38 bits per heavy atom. The molecule has 0 aromatic heterocycles. The third kappa shape index (κ3) is 3.90. The summed E-state index contributed by atoms with van der Waals surface area (Å²) in [5.41, 5.74) is 0.509. The van der Waals surface area contributed by atoms with Crippen molar-refractivity contribution in [3.63, 3.8) is 0 Å². The molecule has 0 heterocycles. The van der Waals surface area contributed by atoms with Crippen LogP contribution in [0, 0.1) is 0 Å². The van der Waals surface area contributed by atoms with E-state index in [1.54, 1.807) is 6.07 Å². The van der Waals surface area contributed by atoms with Crippen LogP contribution in [0.1, 0.15) is 15.9 Å². The molecule has 2 aromatic rings. The molecule has 0 fully saturated rings. The van der Waals surface area contributed by atoms with E-state index in [4.69, 9.17) is 27.9 Å². The van der Waals surface area contributed by atoms with Gasteiger partial charge in [0.05, 0.1) is 12.1 Å². The number of hydrogen-bond donors (Lipinski definition) is 3. The zero-order valence-corrected chi connectivity index (χ0v) is 14.0. The summed E-state index contributed by atoms with van der Waals surface area (Å²) in [5.74, 6) is -1.97. The molecule has 126 valence electrons. The van der Waals surface area contributed by atoms with Crippen LogP contribution >= 0.6 is 23.2 Å². The highest BCUT2D eigenvalue weighted by Gasteiger charge is 2.13. The number of rotatable bonds is 5. The topological polar surface area (TPSA) is 99.4 Å². The number of ketones is 1. The van der Waals surface area contributed by atoms with E-state index in [2.05, 4.69) is 4.99 Å². The number of carbonyl (C=O) groups is 1. The Hall–Kier alpha value is -2.44. The second-order valence-corrected chi connectivity index (χ2v) is 5.61. The molecule has 6 nitrogen and oxygen atoms in total. The smallest absolute Gasteiger partial charge is 0.200 e. The summed E-state index contributed by atoms with van der Waals surface area (Å²) >= 11 is 11.9. The molecule has 8 heteroatoms. The molecule has 2 aromatic carbocycles. The fraction of sp³-hybridized carbons (Fsp3) is 0.125. The van der Waals surface area contributed by atoms with Crippen molar-refractivity contribution >= 4 is 35.2 Å². The first-order valence-electron chi connectivity index (χ1n) is 6.64. The lowest BCUT2D eigenvalue weighted by Gasteiger charge is -2.07. The number of phenols is 3. The van der Waals surface area contributed by atoms with E-state index in [9.17, 15) is 20.1 Å². The van der Waals surface area contributed by atoms with Crippen molar-refractivity contribution in [2.24, 2.45) is 4.99 Å². The van der Waals surface area contributed by atoms with E-state index in [0.29, 0.717) is 21.4 Å². The Morgan fingerprint density at radius 2 is 1.79 bits per heavy atom. The van der Waals surface area contributed by atoms with Crippen molar-refractivity contribution in [2.45, 2.75) is 0 Å². The number of ether oxygens (including phenoxy) is 1. The van der Waals surface area contributed by atoms with Crippen molar-refractivity contribution in [2.75, 3.05) is 13.7 Å². The van der Waals surface area contributed by atoms with Gasteiger partial charge in [0.25, 0.3) is 0 Å². The quantitative estimate of drug-likeness (QED) is 0.426. The van der Waals surface area contributed by atoms with E-state index in [1.165, 1.54) is 19.4 Å². The van der Waals surface area contributed by atoms with Crippen LogP contribution < -0.4 is 4.74 Å². The maximum atomic E-state index is 12.0. The van der Waals surface area contributed by atoms with Gasteiger partial charge in [-0.25, -0.2) is 0 Å². The Kier molecular flexibility index (Phi) is 5.54. The molecule has 0 saturated heterocycles. The number of benzene rings is 2. The van der Waals surface area contributed by atoms with Gasteiger partial charge in [0, 0.05) is 22.4 Å². The first kappa shape index (κ1) is 17.9. The Morgan fingerprint density at radius 1 is 1.17 bits per heavy atom. The molecule has 2 rings (SSSR count). The van der Waals surface area contributed by atoms with E-state index in [1.807, 2.05) is 0 Å². The summed E-state index contributed by atoms with van der Waals surface area (Å²) in [4.78, 5) is 16.0. The molecule has 3 N–H and O–H groups in total. The third-order valence-electron chi connectivity index (χ3n) is 3.10. The number of aromatic hydroxyl groups is 3. The van der Waals surface area contributed by atoms with Gasteiger partial charge >= 0.3 is 0 Å². The number of Topliss-reactive ketones (excluding diaryl/α,β-unsaturated/α-hetero) is 1. The van der Waals surface area contributed by atoms with Gasteiger partial charge in [-0.1, -0.05) is 23.2 Å². The third-order valence-corrected chi connectivity index (χ3v) is 3.60. The van der Waals surface area contributed by atoms with Crippen molar-refractivity contribution in [1.82, 2.24) is 0 Å². The monoisotopic (exact) mass is 369 g/mol. The zero-order valence-electron chi connectivity index (χ0n) is 12.5. The number of methoxy groups -OCH3 is 1. The lowest BCUT2D eigenvalue weighted by Crippen LogP contribution is -2.04. The van der Waals surface area contributed by atoms with Crippen LogP contribution in [0.4, 0.5) is 0 Å². The largest absolute Gasteiger partial charge is 0.504 e. The first-order valence-corrected chi connectivity index (χ1v) is 7.40. The fourth-order valence-electron chi connectivity index (χ4n) is 1.97. The second-order valence-electron chi connectivity index (χ2n) is 4.77. The SMILES string of the molecule is COc1c(Cl)cc(Cl)cc1C=NCC(=O)c1cc(O)c(O)c(O)c1. The first-order chi connectivity index (χ1) is 11.3. The Bertz CT molecular complexity index is 797. The van der Waals surface area contributed by atoms with Gasteiger partial charge in [0.1, 0.15) is 12.3 Å². The van der Waals surface area contributed by atoms with Gasteiger partial charge in [-0.05, 0) is 24.3 Å². The molecule has 0 aliphatic rings. The number of carbonyl (C=O) groups excluding carboxylic acids is 1. The highest BCUT2D eigenvalue weighted by atomic mass is 35.5. The molecular weight excluding hydrogens is 357 g/mol. The van der Waals surface area contributed by atoms with E-state index >= 15 is 0 Å². The number of halogens is 2. The van der Waals surface area contributed by atoms with Crippen LogP contribution in [0.5, 0.6) is 23.0 Å². The Labute approximate surface area is 147 Å². The molecule has 0 spiro atoms. The molecule has 0 saturated carbocycles. The highest BCUT2D eigenvalue weighted by Crippen LogP contribution is 2.35. The van der Waals surface area contributed by atoms with Gasteiger partial charge in [0.2, 0.25) is 0 Å². The predicted molar refractivity (Wildman–Crippen MR) is 91.2 cm³/mol. The van der Waals surface area contributed by atoms with Crippen LogP contribution in [0.2, 0.25) is 10.0 Å². The molecule has 24 heavy (non-hydrogen) atoms. The van der Waals surface area contributed by atoms with E-state index in [-0.39, 0.29) is 12.1 Å². The highest BCUT2D eigenvalue weighted by molar-refractivity contribution is 6.36. The lowest BCUT2D eigenvalue weighted by molar-refractivity contribution is 0.100. The molecule has 0 amide bonds. The summed E-state index contributed by atoms with van der Waals surface area (Å²) in [5, 5.41) is 28.8. The minimum Gasteiger partial charge on any atom is -0.504 e. The van der Waals surface area contributed by atoms with E-state index < -0.39 is 23.0 Å². The minimum atomic E-state index is -0.687. The molecular formula is C16H13Cl2NO5. The number of aliphatic imine (C=N–C) groups is 1. The van der Waals surface area contributed by atoms with Gasteiger partial charge in [0.15, 0.2) is 23.0 Å². The summed E-state index contributed by atoms with van der Waals surface area (Å²) < 4.78 is 5.16. The molecule has 0 aliphatic heterocycles. The molecule has 0 unspecified atom stereocenters. The van der Waals surface area contributed by atoms with Crippen molar-refractivity contribution in [3.05, 3.63) is 45.4 Å². The van der Waals surface area contributed by atoms with Crippen LogP contribution in [-0.2, 0) is 0 Å². The predicted octanol–water partition coefficient (Wildman–Crippen LogP) is 3.42. The normalized spacial score (nSPS) is 11.0. The molecule has 0 aliphatic carbocycles. The lowest BCUT2D eigenvalue weighted by atomic mass is 10.1. The second kappa shape index (κ2) is 7.42. The van der Waals surface area contributed by atoms with Crippen molar-refractivity contribution in [1.29, 1.82) is 0 Å². The summed E-state index contributed by atoms with van der Waals surface area (Å²) in [6, 6.07) is 5.19.